The Bertz CT molecular complexity index is 981. The molecule has 1 saturated heterocycles. The Morgan fingerprint density at radius 1 is 1.26 bits per heavy atom. The van der Waals surface area contributed by atoms with Gasteiger partial charge in [0, 0.05) is 42.0 Å². The SMILES string of the molecule is OCCc1cc(C(O)c2ccccc2Cl)ccc1N1CCC(NC2C=CC(F)=C[N-]2)C1. The van der Waals surface area contributed by atoms with Crippen molar-refractivity contribution in [1.82, 2.24) is 5.32 Å². The largest absolute Gasteiger partial charge is 0.671 e. The molecular weight excluding hydrogens is 417 g/mol. The highest BCUT2D eigenvalue weighted by molar-refractivity contribution is 6.31. The molecule has 31 heavy (non-hydrogen) atoms. The van der Waals surface area contributed by atoms with Crippen molar-refractivity contribution < 1.29 is 14.6 Å². The van der Waals surface area contributed by atoms with Gasteiger partial charge >= 0.3 is 0 Å². The number of nitrogens with zero attached hydrogens (tertiary/aromatic N) is 2. The fourth-order valence-electron chi connectivity index (χ4n) is 4.16. The van der Waals surface area contributed by atoms with Gasteiger partial charge in [0.1, 0.15) is 11.9 Å². The Balaban J connectivity index is 1.48. The topological polar surface area (TPSA) is 69.8 Å². The second kappa shape index (κ2) is 9.83. The molecule has 0 saturated carbocycles. The van der Waals surface area contributed by atoms with E-state index in [4.69, 9.17) is 11.6 Å². The maximum absolute atomic E-state index is 13.1. The maximum atomic E-state index is 13.1. The molecule has 3 unspecified atom stereocenters. The van der Waals surface area contributed by atoms with E-state index in [9.17, 15) is 14.6 Å². The molecule has 0 radical (unpaired) electrons. The summed E-state index contributed by atoms with van der Waals surface area (Å²) in [7, 11) is 0. The molecule has 3 atom stereocenters. The summed E-state index contributed by atoms with van der Waals surface area (Å²) in [5, 5.41) is 28.6. The number of hydrogen-bond donors (Lipinski definition) is 3. The van der Waals surface area contributed by atoms with E-state index in [1.807, 2.05) is 36.4 Å². The minimum absolute atomic E-state index is 0.0256. The first-order valence-corrected chi connectivity index (χ1v) is 10.8. The normalized spacial score (nSPS) is 21.7. The Hall–Kier alpha value is -2.38. The summed E-state index contributed by atoms with van der Waals surface area (Å²) >= 11 is 6.26. The number of nitrogens with one attached hydrogen (secondary N) is 1. The van der Waals surface area contributed by atoms with Gasteiger partial charge in [0.05, 0.1) is 0 Å². The first-order chi connectivity index (χ1) is 15.0. The number of aliphatic hydroxyl groups excluding tert-OH is 2. The number of anilines is 1. The Labute approximate surface area is 186 Å². The third-order valence-electron chi connectivity index (χ3n) is 5.73. The van der Waals surface area contributed by atoms with Crippen LogP contribution in [0.2, 0.25) is 5.02 Å². The molecule has 2 heterocycles. The predicted octanol–water partition coefficient (Wildman–Crippen LogP) is 4.21. The lowest BCUT2D eigenvalue weighted by molar-refractivity contribution is 0.220. The zero-order valence-corrected chi connectivity index (χ0v) is 17.8. The maximum Gasteiger partial charge on any atom is 0.105 e. The van der Waals surface area contributed by atoms with Crippen molar-refractivity contribution in [2.45, 2.75) is 31.2 Å². The van der Waals surface area contributed by atoms with Gasteiger partial charge in [-0.3, -0.25) is 0 Å². The van der Waals surface area contributed by atoms with Crippen molar-refractivity contribution in [3.05, 3.63) is 93.7 Å². The van der Waals surface area contributed by atoms with Gasteiger partial charge in [-0.1, -0.05) is 48.0 Å². The number of hydrogen-bond acceptors (Lipinski definition) is 4. The van der Waals surface area contributed by atoms with E-state index >= 15 is 0 Å². The molecule has 0 bridgehead atoms. The van der Waals surface area contributed by atoms with Crippen LogP contribution >= 0.6 is 11.6 Å². The molecule has 0 spiro atoms. The lowest BCUT2D eigenvalue weighted by Crippen LogP contribution is -2.39. The lowest BCUT2D eigenvalue weighted by atomic mass is 9.97. The van der Waals surface area contributed by atoms with Crippen molar-refractivity contribution in [3.63, 3.8) is 0 Å². The highest BCUT2D eigenvalue weighted by Gasteiger charge is 2.25. The van der Waals surface area contributed by atoms with Crippen LogP contribution in [0.25, 0.3) is 5.32 Å². The molecule has 0 aliphatic carbocycles. The summed E-state index contributed by atoms with van der Waals surface area (Å²) in [6.45, 7) is 1.68. The quantitative estimate of drug-likeness (QED) is 0.601. The number of benzene rings is 2. The molecule has 2 aliphatic heterocycles. The highest BCUT2D eigenvalue weighted by atomic mass is 35.5. The van der Waals surface area contributed by atoms with E-state index in [0.29, 0.717) is 17.0 Å². The van der Waals surface area contributed by atoms with E-state index in [1.54, 1.807) is 12.1 Å². The number of rotatable bonds is 7. The van der Waals surface area contributed by atoms with Gasteiger partial charge in [-0.25, -0.2) is 4.39 Å². The Morgan fingerprint density at radius 2 is 2.10 bits per heavy atom. The molecule has 2 aromatic carbocycles. The smallest absolute Gasteiger partial charge is 0.105 e. The number of allylic oxidation sites excluding steroid dienone is 2. The zero-order valence-electron chi connectivity index (χ0n) is 17.1. The van der Waals surface area contributed by atoms with Crippen LogP contribution in [0.15, 0.2) is 66.6 Å². The molecule has 0 aromatic heterocycles. The van der Waals surface area contributed by atoms with Gasteiger partial charge in [0.25, 0.3) is 0 Å². The second-order valence-electron chi connectivity index (χ2n) is 7.85. The molecule has 0 amide bonds. The lowest BCUT2D eigenvalue weighted by Gasteiger charge is -2.33. The Kier molecular flexibility index (Phi) is 6.92. The molecule has 7 heteroatoms. The van der Waals surface area contributed by atoms with Gasteiger partial charge in [0.15, 0.2) is 0 Å². The van der Waals surface area contributed by atoms with E-state index in [0.717, 1.165) is 36.3 Å². The molecule has 2 aliphatic rings. The molecule has 2 aromatic rings. The van der Waals surface area contributed by atoms with Crippen LogP contribution in [0, 0.1) is 0 Å². The van der Waals surface area contributed by atoms with Crippen LogP contribution in [0.1, 0.15) is 29.2 Å². The van der Waals surface area contributed by atoms with Crippen molar-refractivity contribution >= 4 is 17.3 Å². The molecule has 5 nitrogen and oxygen atoms in total. The average Bonchev–Trinajstić information content (AvgIpc) is 3.24. The van der Waals surface area contributed by atoms with Crippen LogP contribution in [-0.2, 0) is 6.42 Å². The van der Waals surface area contributed by atoms with Crippen LogP contribution in [0.4, 0.5) is 10.1 Å². The van der Waals surface area contributed by atoms with Gasteiger partial charge in [-0.2, -0.15) is 0 Å². The summed E-state index contributed by atoms with van der Waals surface area (Å²) in [6.07, 6.45) is 4.79. The van der Waals surface area contributed by atoms with Crippen LogP contribution in [0.3, 0.4) is 0 Å². The Morgan fingerprint density at radius 3 is 2.84 bits per heavy atom. The minimum Gasteiger partial charge on any atom is -0.671 e. The van der Waals surface area contributed by atoms with Crippen molar-refractivity contribution in [2.75, 3.05) is 24.6 Å². The minimum atomic E-state index is -0.832. The molecule has 1 fully saturated rings. The van der Waals surface area contributed by atoms with Gasteiger partial charge in [0.2, 0.25) is 0 Å². The first-order valence-electron chi connectivity index (χ1n) is 10.5. The summed E-state index contributed by atoms with van der Waals surface area (Å²) in [5.41, 5.74) is 3.44. The fraction of sp³-hybridized carbons (Fsp3) is 0.333. The fourth-order valence-corrected chi connectivity index (χ4v) is 4.40. The summed E-state index contributed by atoms with van der Waals surface area (Å²) < 4.78 is 13.1. The van der Waals surface area contributed by atoms with E-state index in [1.165, 1.54) is 12.3 Å². The van der Waals surface area contributed by atoms with E-state index in [2.05, 4.69) is 15.5 Å². The van der Waals surface area contributed by atoms with Crippen LogP contribution in [-0.4, -0.2) is 42.1 Å². The van der Waals surface area contributed by atoms with Crippen molar-refractivity contribution in [1.29, 1.82) is 0 Å². The van der Waals surface area contributed by atoms with Gasteiger partial charge < -0.3 is 25.7 Å². The third-order valence-corrected chi connectivity index (χ3v) is 6.08. The highest BCUT2D eigenvalue weighted by Crippen LogP contribution is 2.33. The third kappa shape index (κ3) is 5.10. The van der Waals surface area contributed by atoms with Gasteiger partial charge in [-0.05, 0) is 48.3 Å². The summed E-state index contributed by atoms with van der Waals surface area (Å²) in [4.78, 5) is 2.28. The zero-order chi connectivity index (χ0) is 21.8. The van der Waals surface area contributed by atoms with Crippen LogP contribution < -0.4 is 10.2 Å². The molecule has 3 N–H and O–H groups in total. The number of aliphatic hydroxyl groups is 2. The predicted molar refractivity (Wildman–Crippen MR) is 122 cm³/mol. The van der Waals surface area contributed by atoms with E-state index < -0.39 is 6.10 Å². The summed E-state index contributed by atoms with van der Waals surface area (Å²) in [5.74, 6) is -0.334. The standard InChI is InChI=1S/C24H26ClFN3O2/c25-21-4-2-1-3-20(21)24(31)17-5-7-22(16(13-17)10-12-30)29-11-9-19(15-29)28-23-8-6-18(26)14-27-23/h1-8,13-14,19,23-24,28,30-31H,9-12,15H2/q-1. The molecule has 164 valence electrons. The molecular formula is C24H26ClFN3O2-. The molecule has 4 rings (SSSR count). The summed E-state index contributed by atoms with van der Waals surface area (Å²) in [6, 6.07) is 13.4. The first kappa shape index (κ1) is 21.8. The van der Waals surface area contributed by atoms with Crippen LogP contribution in [0.5, 0.6) is 0 Å². The monoisotopic (exact) mass is 442 g/mol. The number of halogens is 2. The second-order valence-corrected chi connectivity index (χ2v) is 8.26. The van der Waals surface area contributed by atoms with Gasteiger partial charge in [-0.15, -0.1) is 6.20 Å². The van der Waals surface area contributed by atoms with E-state index in [-0.39, 0.29) is 24.6 Å². The van der Waals surface area contributed by atoms with Crippen molar-refractivity contribution in [3.8, 4) is 0 Å². The van der Waals surface area contributed by atoms with Crippen molar-refractivity contribution in [2.24, 2.45) is 0 Å². The average molecular weight is 443 g/mol.